The lowest BCUT2D eigenvalue weighted by Gasteiger charge is -2.25. The molecule has 1 atom stereocenters. The van der Waals surface area contributed by atoms with E-state index in [1.807, 2.05) is 32.0 Å². The van der Waals surface area contributed by atoms with E-state index in [2.05, 4.69) is 17.2 Å². The molecule has 136 valence electrons. The molecule has 2 aromatic rings. The second-order valence-corrected chi connectivity index (χ2v) is 7.45. The summed E-state index contributed by atoms with van der Waals surface area (Å²) in [6.45, 7) is 4.43. The van der Waals surface area contributed by atoms with Gasteiger partial charge < -0.3 is 10.2 Å². The molecule has 1 unspecified atom stereocenters. The zero-order valence-electron chi connectivity index (χ0n) is 15.3. The van der Waals surface area contributed by atoms with Gasteiger partial charge in [0.1, 0.15) is 10.7 Å². The predicted octanol–water partition coefficient (Wildman–Crippen LogP) is 3.97. The summed E-state index contributed by atoms with van der Waals surface area (Å²) in [7, 11) is 3.84. The monoisotopic (exact) mass is 363 g/mol. The Morgan fingerprint density at radius 3 is 2.80 bits per heavy atom. The van der Waals surface area contributed by atoms with Crippen LogP contribution in [0.1, 0.15) is 51.7 Å². The largest absolute Gasteiger partial charge is 0.349 e. The van der Waals surface area contributed by atoms with E-state index in [0.717, 1.165) is 35.5 Å². The number of aryl methyl sites for hydroxylation is 2. The molecule has 25 heavy (non-hydrogen) atoms. The van der Waals surface area contributed by atoms with Crippen molar-refractivity contribution in [1.29, 1.82) is 0 Å². The molecule has 0 aliphatic heterocycles. The van der Waals surface area contributed by atoms with Gasteiger partial charge in [-0.15, -0.1) is 11.3 Å². The topological polar surface area (TPSA) is 45.2 Å². The molecule has 1 aromatic carbocycles. The van der Waals surface area contributed by atoms with Gasteiger partial charge in [0.25, 0.3) is 5.91 Å². The number of amides is 1. The van der Waals surface area contributed by atoms with Crippen molar-refractivity contribution in [1.82, 2.24) is 15.2 Å². The molecule has 0 spiro atoms. The number of nitrogens with one attached hydrogen (secondary N) is 1. The van der Waals surface area contributed by atoms with Gasteiger partial charge in [-0.2, -0.15) is 0 Å². The van der Waals surface area contributed by atoms with Crippen LogP contribution in [0.5, 0.6) is 0 Å². The van der Waals surface area contributed by atoms with Gasteiger partial charge in [0, 0.05) is 6.54 Å². The van der Waals surface area contributed by atoms with Gasteiger partial charge in [-0.3, -0.25) is 4.79 Å². The molecule has 0 bridgehead atoms. The fourth-order valence-corrected chi connectivity index (χ4v) is 3.70. The Hall–Kier alpha value is -1.79. The van der Waals surface area contributed by atoms with Crippen LogP contribution in [0.3, 0.4) is 0 Å². The van der Waals surface area contributed by atoms with E-state index in [9.17, 15) is 9.18 Å². The smallest absolute Gasteiger partial charge is 0.263 e. The third-order valence-electron chi connectivity index (χ3n) is 4.10. The van der Waals surface area contributed by atoms with Crippen LogP contribution in [-0.4, -0.2) is 36.4 Å². The van der Waals surface area contributed by atoms with Crippen molar-refractivity contribution in [2.75, 3.05) is 20.6 Å². The first-order valence-corrected chi connectivity index (χ1v) is 9.40. The first-order chi connectivity index (χ1) is 11.9. The fourth-order valence-electron chi connectivity index (χ4n) is 2.68. The van der Waals surface area contributed by atoms with Gasteiger partial charge in [-0.05, 0) is 51.6 Å². The van der Waals surface area contributed by atoms with Crippen molar-refractivity contribution in [2.45, 2.75) is 39.2 Å². The van der Waals surface area contributed by atoms with Crippen LogP contribution in [-0.2, 0) is 6.42 Å². The van der Waals surface area contributed by atoms with Gasteiger partial charge in [0.2, 0.25) is 0 Å². The third kappa shape index (κ3) is 5.34. The molecule has 6 heteroatoms. The Morgan fingerprint density at radius 2 is 2.16 bits per heavy atom. The van der Waals surface area contributed by atoms with Crippen molar-refractivity contribution >= 4 is 17.2 Å². The molecule has 1 aromatic heterocycles. The molecular weight excluding hydrogens is 337 g/mol. The Kier molecular flexibility index (Phi) is 7.08. The van der Waals surface area contributed by atoms with E-state index in [-0.39, 0.29) is 17.8 Å². The molecule has 1 N–H and O–H groups in total. The predicted molar refractivity (Wildman–Crippen MR) is 101 cm³/mol. The van der Waals surface area contributed by atoms with Crippen molar-refractivity contribution in [3.63, 3.8) is 0 Å². The Bertz CT molecular complexity index is 714. The minimum Gasteiger partial charge on any atom is -0.349 e. The summed E-state index contributed by atoms with van der Waals surface area (Å²) in [5, 5.41) is 3.99. The normalized spacial score (nSPS) is 12.4. The van der Waals surface area contributed by atoms with Crippen molar-refractivity contribution in [3.8, 4) is 0 Å². The van der Waals surface area contributed by atoms with Gasteiger partial charge >= 0.3 is 0 Å². The first kappa shape index (κ1) is 19.5. The molecule has 0 aliphatic rings. The number of thiazole rings is 1. The van der Waals surface area contributed by atoms with E-state index in [1.165, 1.54) is 23.5 Å². The number of rotatable bonds is 8. The molecule has 4 nitrogen and oxygen atoms in total. The maximum atomic E-state index is 13.5. The quantitative estimate of drug-likeness (QED) is 0.772. The van der Waals surface area contributed by atoms with Gasteiger partial charge in [0.15, 0.2) is 0 Å². The van der Waals surface area contributed by atoms with Gasteiger partial charge in [-0.25, -0.2) is 9.37 Å². The van der Waals surface area contributed by atoms with Crippen LogP contribution < -0.4 is 5.32 Å². The molecule has 0 saturated carbocycles. The lowest BCUT2D eigenvalue weighted by molar-refractivity contribution is 0.0945. The standard InChI is InChI=1S/C19H26FN3OS/c1-5-6-10-17-22-13(2)18(25-17)19(24)21-12-16(23(3)4)14-8-7-9-15(20)11-14/h7-9,11,16H,5-6,10,12H2,1-4H3,(H,21,24). The van der Waals surface area contributed by atoms with Gasteiger partial charge in [0.05, 0.1) is 16.7 Å². The maximum Gasteiger partial charge on any atom is 0.263 e. The molecule has 1 heterocycles. The van der Waals surface area contributed by atoms with Crippen LogP contribution in [0.4, 0.5) is 4.39 Å². The number of nitrogens with zero attached hydrogens (tertiary/aromatic N) is 2. The number of halogens is 1. The first-order valence-electron chi connectivity index (χ1n) is 8.58. The molecule has 0 aliphatic carbocycles. The van der Waals surface area contributed by atoms with Crippen LogP contribution in [0.15, 0.2) is 24.3 Å². The highest BCUT2D eigenvalue weighted by molar-refractivity contribution is 7.13. The minimum absolute atomic E-state index is 0.0903. The summed E-state index contributed by atoms with van der Waals surface area (Å²) in [4.78, 5) is 19.7. The highest BCUT2D eigenvalue weighted by Crippen LogP contribution is 2.21. The van der Waals surface area contributed by atoms with E-state index >= 15 is 0 Å². The SMILES string of the molecule is CCCCc1nc(C)c(C(=O)NCC(c2cccc(F)c2)N(C)C)s1. The summed E-state index contributed by atoms with van der Waals surface area (Å²) in [6, 6.07) is 6.41. The van der Waals surface area contributed by atoms with Crippen molar-refractivity contribution < 1.29 is 9.18 Å². The number of likely N-dealkylation sites (N-methyl/N-ethyl adjacent to an activating group) is 1. The molecular formula is C19H26FN3OS. The number of aromatic nitrogens is 1. The van der Waals surface area contributed by atoms with Gasteiger partial charge in [-0.1, -0.05) is 25.5 Å². The average molecular weight is 364 g/mol. The van der Waals surface area contributed by atoms with E-state index < -0.39 is 0 Å². The Balaban J connectivity index is 2.05. The summed E-state index contributed by atoms with van der Waals surface area (Å²) in [5.41, 5.74) is 1.62. The highest BCUT2D eigenvalue weighted by atomic mass is 32.1. The minimum atomic E-state index is -0.269. The summed E-state index contributed by atoms with van der Waals surface area (Å²) in [5.74, 6) is -0.379. The number of carbonyl (C=O) groups is 1. The van der Waals surface area contributed by atoms with Crippen LogP contribution in [0.25, 0.3) is 0 Å². The van der Waals surface area contributed by atoms with Crippen LogP contribution >= 0.6 is 11.3 Å². The number of carbonyl (C=O) groups excluding carboxylic acids is 1. The fraction of sp³-hybridized carbons (Fsp3) is 0.474. The van der Waals surface area contributed by atoms with Crippen LogP contribution in [0, 0.1) is 12.7 Å². The van der Waals surface area contributed by atoms with Crippen molar-refractivity contribution in [3.05, 3.63) is 51.2 Å². The second kappa shape index (κ2) is 9.06. The average Bonchev–Trinajstić information content (AvgIpc) is 2.93. The summed E-state index contributed by atoms with van der Waals surface area (Å²) in [6.07, 6.45) is 3.10. The van der Waals surface area contributed by atoms with E-state index in [0.29, 0.717) is 11.4 Å². The number of hydrogen-bond donors (Lipinski definition) is 1. The van der Waals surface area contributed by atoms with Crippen molar-refractivity contribution in [2.24, 2.45) is 0 Å². The van der Waals surface area contributed by atoms with E-state index in [1.54, 1.807) is 6.07 Å². The number of unbranched alkanes of at least 4 members (excludes halogenated alkanes) is 1. The highest BCUT2D eigenvalue weighted by Gasteiger charge is 2.19. The van der Waals surface area contributed by atoms with Crippen LogP contribution in [0.2, 0.25) is 0 Å². The molecule has 0 radical (unpaired) electrons. The molecule has 1 amide bonds. The maximum absolute atomic E-state index is 13.5. The third-order valence-corrected chi connectivity index (χ3v) is 5.32. The summed E-state index contributed by atoms with van der Waals surface area (Å²) < 4.78 is 13.5. The second-order valence-electron chi connectivity index (χ2n) is 6.37. The number of benzene rings is 1. The molecule has 0 fully saturated rings. The Morgan fingerprint density at radius 1 is 1.40 bits per heavy atom. The molecule has 2 rings (SSSR count). The lowest BCUT2D eigenvalue weighted by atomic mass is 10.1. The zero-order valence-corrected chi connectivity index (χ0v) is 16.1. The van der Waals surface area contributed by atoms with E-state index in [4.69, 9.17) is 0 Å². The zero-order chi connectivity index (χ0) is 18.4. The number of hydrogen-bond acceptors (Lipinski definition) is 4. The lowest BCUT2D eigenvalue weighted by Crippen LogP contribution is -2.34. The summed E-state index contributed by atoms with van der Waals surface area (Å²) >= 11 is 1.47. The molecule has 0 saturated heterocycles. The Labute approximate surface area is 153 Å².